The first-order valence-corrected chi connectivity index (χ1v) is 11.3. The average Bonchev–Trinajstić information content (AvgIpc) is 3.20. The Morgan fingerprint density at radius 1 is 1.15 bits per heavy atom. The fourth-order valence-electron chi connectivity index (χ4n) is 4.40. The SMILES string of the molecule is CCn1ncc2c(NC3CCCCC3)c(C(=O)NCc3ccc(C(F)(F)F)cc3)c(C)nc21. The highest BCUT2D eigenvalue weighted by molar-refractivity contribution is 6.07. The zero-order valence-corrected chi connectivity index (χ0v) is 18.8. The van der Waals surface area contributed by atoms with Crippen molar-refractivity contribution in [3.8, 4) is 0 Å². The molecule has 1 fully saturated rings. The molecule has 2 heterocycles. The molecule has 4 rings (SSSR count). The van der Waals surface area contributed by atoms with Gasteiger partial charge in [0.25, 0.3) is 5.91 Å². The minimum Gasteiger partial charge on any atom is -0.381 e. The maximum Gasteiger partial charge on any atom is 0.416 e. The van der Waals surface area contributed by atoms with Gasteiger partial charge in [0.1, 0.15) is 0 Å². The van der Waals surface area contributed by atoms with Gasteiger partial charge in [0.15, 0.2) is 5.65 Å². The van der Waals surface area contributed by atoms with Crippen LogP contribution in [0.2, 0.25) is 0 Å². The van der Waals surface area contributed by atoms with E-state index in [1.165, 1.54) is 18.6 Å². The summed E-state index contributed by atoms with van der Waals surface area (Å²) in [6, 6.07) is 5.08. The van der Waals surface area contributed by atoms with E-state index in [4.69, 9.17) is 0 Å². The molecule has 1 aliphatic carbocycles. The van der Waals surface area contributed by atoms with Crippen LogP contribution in [-0.2, 0) is 19.3 Å². The number of nitrogens with one attached hydrogen (secondary N) is 2. The zero-order chi connectivity index (χ0) is 23.6. The Bertz CT molecular complexity index is 1130. The molecular formula is C24H28F3N5O. The van der Waals surface area contributed by atoms with E-state index in [9.17, 15) is 18.0 Å². The summed E-state index contributed by atoms with van der Waals surface area (Å²) in [6.07, 6.45) is 2.95. The van der Waals surface area contributed by atoms with E-state index in [1.54, 1.807) is 17.8 Å². The summed E-state index contributed by atoms with van der Waals surface area (Å²) in [6.45, 7) is 4.57. The fourth-order valence-corrected chi connectivity index (χ4v) is 4.40. The number of aromatic nitrogens is 3. The summed E-state index contributed by atoms with van der Waals surface area (Å²) in [5.41, 5.74) is 2.37. The normalized spacial score (nSPS) is 15.1. The number of nitrogens with zero attached hydrogens (tertiary/aromatic N) is 3. The maximum absolute atomic E-state index is 13.2. The van der Waals surface area contributed by atoms with Gasteiger partial charge >= 0.3 is 6.18 Å². The monoisotopic (exact) mass is 459 g/mol. The third-order valence-corrected chi connectivity index (χ3v) is 6.18. The van der Waals surface area contributed by atoms with Crippen molar-refractivity contribution in [3.63, 3.8) is 0 Å². The highest BCUT2D eigenvalue weighted by Gasteiger charge is 2.30. The Labute approximate surface area is 190 Å². The molecule has 1 saturated carbocycles. The molecule has 0 unspecified atom stereocenters. The van der Waals surface area contributed by atoms with Crippen molar-refractivity contribution in [2.24, 2.45) is 0 Å². The van der Waals surface area contributed by atoms with Crippen LogP contribution in [-0.4, -0.2) is 26.7 Å². The van der Waals surface area contributed by atoms with Crippen LogP contribution in [0.15, 0.2) is 30.5 Å². The molecule has 0 aliphatic heterocycles. The first-order valence-electron chi connectivity index (χ1n) is 11.3. The molecule has 1 aromatic carbocycles. The van der Waals surface area contributed by atoms with E-state index in [-0.39, 0.29) is 18.5 Å². The number of aryl methyl sites for hydroxylation is 2. The summed E-state index contributed by atoms with van der Waals surface area (Å²) in [7, 11) is 0. The summed E-state index contributed by atoms with van der Waals surface area (Å²) >= 11 is 0. The van der Waals surface area contributed by atoms with Crippen molar-refractivity contribution in [3.05, 3.63) is 52.8 Å². The van der Waals surface area contributed by atoms with Crippen LogP contribution in [0.3, 0.4) is 0 Å². The minimum absolute atomic E-state index is 0.117. The van der Waals surface area contributed by atoms with Crippen LogP contribution in [0.5, 0.6) is 0 Å². The van der Waals surface area contributed by atoms with Gasteiger partial charge in [-0.25, -0.2) is 9.67 Å². The Morgan fingerprint density at radius 3 is 2.48 bits per heavy atom. The number of alkyl halides is 3. The second kappa shape index (κ2) is 9.41. The van der Waals surface area contributed by atoms with E-state index >= 15 is 0 Å². The van der Waals surface area contributed by atoms with Gasteiger partial charge in [-0.3, -0.25) is 4.79 Å². The van der Waals surface area contributed by atoms with Gasteiger partial charge in [-0.1, -0.05) is 31.4 Å². The van der Waals surface area contributed by atoms with Crippen LogP contribution < -0.4 is 10.6 Å². The molecule has 2 aromatic heterocycles. The molecule has 0 spiro atoms. The minimum atomic E-state index is -4.39. The number of halogens is 3. The molecule has 1 aliphatic rings. The van der Waals surface area contributed by atoms with Gasteiger partial charge in [0, 0.05) is 19.1 Å². The van der Waals surface area contributed by atoms with Gasteiger partial charge in [0.2, 0.25) is 0 Å². The molecular weight excluding hydrogens is 431 g/mol. The standard InChI is InChI=1S/C24H28F3N5O/c1-3-32-22-19(14-29-32)21(31-18-7-5-4-6-8-18)20(15(2)30-22)23(33)28-13-16-9-11-17(12-10-16)24(25,26)27/h9-12,14,18H,3-8,13H2,1-2H3,(H,28,33)(H,30,31). The molecule has 1 amide bonds. The average molecular weight is 460 g/mol. The first-order chi connectivity index (χ1) is 15.8. The topological polar surface area (TPSA) is 71.8 Å². The van der Waals surface area contributed by atoms with Crippen molar-refractivity contribution in [2.75, 3.05) is 5.32 Å². The molecule has 6 nitrogen and oxygen atoms in total. The number of anilines is 1. The molecule has 0 bridgehead atoms. The summed E-state index contributed by atoms with van der Waals surface area (Å²) in [5, 5.41) is 11.7. The van der Waals surface area contributed by atoms with E-state index in [0.29, 0.717) is 23.4 Å². The van der Waals surface area contributed by atoms with Crippen LogP contribution in [0.25, 0.3) is 11.0 Å². The first kappa shape index (κ1) is 23.1. The third-order valence-electron chi connectivity index (χ3n) is 6.18. The van der Waals surface area contributed by atoms with E-state index in [2.05, 4.69) is 20.7 Å². The molecule has 9 heteroatoms. The number of carbonyl (C=O) groups excluding carboxylic acids is 1. The molecule has 33 heavy (non-hydrogen) atoms. The van der Waals surface area contributed by atoms with E-state index in [1.807, 2.05) is 6.92 Å². The lowest BCUT2D eigenvalue weighted by Gasteiger charge is -2.26. The molecule has 0 saturated heterocycles. The van der Waals surface area contributed by atoms with Crippen LogP contribution in [0.4, 0.5) is 18.9 Å². The highest BCUT2D eigenvalue weighted by atomic mass is 19.4. The molecule has 0 radical (unpaired) electrons. The second-order valence-corrected chi connectivity index (χ2v) is 8.50. The number of hydrogen-bond acceptors (Lipinski definition) is 4. The van der Waals surface area contributed by atoms with Crippen molar-refractivity contribution in [1.29, 1.82) is 0 Å². The van der Waals surface area contributed by atoms with Crippen LogP contribution >= 0.6 is 0 Å². The second-order valence-electron chi connectivity index (χ2n) is 8.50. The Morgan fingerprint density at radius 2 is 1.85 bits per heavy atom. The predicted octanol–water partition coefficient (Wildman–Crippen LogP) is 5.45. The molecule has 176 valence electrons. The summed E-state index contributed by atoms with van der Waals surface area (Å²) in [4.78, 5) is 17.9. The predicted molar refractivity (Wildman–Crippen MR) is 121 cm³/mol. The number of carbonyl (C=O) groups is 1. The van der Waals surface area contributed by atoms with Crippen molar-refractivity contribution in [2.45, 2.75) is 71.3 Å². The number of fused-ring (bicyclic) bond motifs is 1. The lowest BCUT2D eigenvalue weighted by Crippen LogP contribution is -2.28. The van der Waals surface area contributed by atoms with Crippen molar-refractivity contribution < 1.29 is 18.0 Å². The number of rotatable bonds is 6. The van der Waals surface area contributed by atoms with Gasteiger partial charge in [-0.05, 0) is 44.4 Å². The highest BCUT2D eigenvalue weighted by Crippen LogP contribution is 2.32. The molecule has 2 N–H and O–H groups in total. The largest absolute Gasteiger partial charge is 0.416 e. The van der Waals surface area contributed by atoms with Crippen molar-refractivity contribution >= 4 is 22.6 Å². The zero-order valence-electron chi connectivity index (χ0n) is 18.8. The van der Waals surface area contributed by atoms with E-state index < -0.39 is 11.7 Å². The summed E-state index contributed by atoms with van der Waals surface area (Å²) in [5.74, 6) is -0.315. The summed E-state index contributed by atoms with van der Waals surface area (Å²) < 4.78 is 40.2. The molecule has 3 aromatic rings. The fraction of sp³-hybridized carbons (Fsp3) is 0.458. The van der Waals surface area contributed by atoms with Gasteiger partial charge in [-0.15, -0.1) is 0 Å². The number of pyridine rings is 1. The smallest absolute Gasteiger partial charge is 0.381 e. The maximum atomic E-state index is 13.2. The van der Waals surface area contributed by atoms with Gasteiger partial charge in [0.05, 0.1) is 34.1 Å². The lowest BCUT2D eigenvalue weighted by atomic mass is 9.94. The number of benzene rings is 1. The van der Waals surface area contributed by atoms with E-state index in [0.717, 1.165) is 54.5 Å². The van der Waals surface area contributed by atoms with Crippen molar-refractivity contribution in [1.82, 2.24) is 20.1 Å². The Hall–Kier alpha value is -3.10. The third kappa shape index (κ3) is 4.96. The van der Waals surface area contributed by atoms with Gasteiger partial charge in [-0.2, -0.15) is 18.3 Å². The van der Waals surface area contributed by atoms with Gasteiger partial charge < -0.3 is 10.6 Å². The number of hydrogen-bond donors (Lipinski definition) is 2. The quantitative estimate of drug-likeness (QED) is 0.514. The van der Waals surface area contributed by atoms with Crippen LogP contribution in [0, 0.1) is 6.92 Å². The lowest BCUT2D eigenvalue weighted by molar-refractivity contribution is -0.137. The van der Waals surface area contributed by atoms with Crippen LogP contribution in [0.1, 0.15) is 66.2 Å². The molecule has 0 atom stereocenters. The Balaban J connectivity index is 1.61. The Kier molecular flexibility index (Phi) is 6.58. The number of amides is 1.